The average Bonchev–Trinajstić information content (AvgIpc) is 2.47. The Bertz CT molecular complexity index is 621. The Kier molecular flexibility index (Phi) is 3.49. The van der Waals surface area contributed by atoms with Gasteiger partial charge >= 0.3 is 0 Å². The molecule has 0 aromatic heterocycles. The summed E-state index contributed by atoms with van der Waals surface area (Å²) in [5, 5.41) is 9.77. The first-order valence-corrected chi connectivity index (χ1v) is 7.21. The molecule has 0 aliphatic carbocycles. The van der Waals surface area contributed by atoms with Gasteiger partial charge in [0.05, 0.1) is 12.6 Å². The lowest BCUT2D eigenvalue weighted by atomic mass is 9.90. The summed E-state index contributed by atoms with van der Waals surface area (Å²) in [6.07, 6.45) is 0.918. The standard InChI is InChI=1S/C18H21NO/c1-13-7-5-8-15-10-16(12-20)19(11-17(13)15)18-9-4-3-6-14(18)2/h3-9,16,20H,10-12H2,1-2H3. The van der Waals surface area contributed by atoms with E-state index < -0.39 is 0 Å². The van der Waals surface area contributed by atoms with Crippen LogP contribution in [0.1, 0.15) is 22.3 Å². The van der Waals surface area contributed by atoms with E-state index in [1.807, 2.05) is 0 Å². The van der Waals surface area contributed by atoms with Gasteiger partial charge < -0.3 is 10.0 Å². The van der Waals surface area contributed by atoms with Gasteiger partial charge in [0, 0.05) is 12.2 Å². The predicted octanol–water partition coefficient (Wildman–Crippen LogP) is 3.23. The number of benzene rings is 2. The molecule has 3 rings (SSSR count). The van der Waals surface area contributed by atoms with Gasteiger partial charge in [-0.1, -0.05) is 36.4 Å². The monoisotopic (exact) mass is 267 g/mol. The molecule has 2 nitrogen and oxygen atoms in total. The van der Waals surface area contributed by atoms with E-state index in [2.05, 4.69) is 61.2 Å². The summed E-state index contributed by atoms with van der Waals surface area (Å²) in [6.45, 7) is 5.39. The Balaban J connectivity index is 2.04. The second-order valence-electron chi connectivity index (χ2n) is 5.67. The molecule has 0 spiro atoms. The van der Waals surface area contributed by atoms with E-state index >= 15 is 0 Å². The summed E-state index contributed by atoms with van der Waals surface area (Å²) in [6, 6.07) is 15.1. The summed E-state index contributed by atoms with van der Waals surface area (Å²) in [5.41, 5.74) is 6.65. The van der Waals surface area contributed by atoms with E-state index in [0.29, 0.717) is 0 Å². The van der Waals surface area contributed by atoms with Gasteiger partial charge in [-0.25, -0.2) is 0 Å². The van der Waals surface area contributed by atoms with E-state index in [1.54, 1.807) is 0 Å². The first-order chi connectivity index (χ1) is 9.70. The minimum atomic E-state index is 0.172. The van der Waals surface area contributed by atoms with E-state index in [-0.39, 0.29) is 12.6 Å². The van der Waals surface area contributed by atoms with Crippen molar-refractivity contribution in [3.05, 3.63) is 64.7 Å². The molecule has 0 amide bonds. The third-order valence-corrected chi connectivity index (χ3v) is 4.37. The first kappa shape index (κ1) is 13.2. The fourth-order valence-corrected chi connectivity index (χ4v) is 3.17. The van der Waals surface area contributed by atoms with E-state index in [4.69, 9.17) is 0 Å². The summed E-state index contributed by atoms with van der Waals surface area (Å²) < 4.78 is 0. The maximum atomic E-state index is 9.77. The zero-order valence-corrected chi connectivity index (χ0v) is 12.1. The molecule has 2 aromatic rings. The third kappa shape index (κ3) is 2.20. The maximum Gasteiger partial charge on any atom is 0.0638 e. The molecule has 20 heavy (non-hydrogen) atoms. The van der Waals surface area contributed by atoms with Crippen molar-refractivity contribution in [2.45, 2.75) is 32.9 Å². The molecule has 0 bridgehead atoms. The van der Waals surface area contributed by atoms with Crippen LogP contribution in [0.4, 0.5) is 5.69 Å². The van der Waals surface area contributed by atoms with Crippen LogP contribution in [-0.2, 0) is 13.0 Å². The molecule has 2 heteroatoms. The Morgan fingerprint density at radius 2 is 1.80 bits per heavy atom. The Labute approximate surface area is 120 Å². The lowest BCUT2D eigenvalue weighted by Gasteiger charge is -2.39. The topological polar surface area (TPSA) is 23.5 Å². The summed E-state index contributed by atoms with van der Waals surface area (Å²) >= 11 is 0. The number of hydrogen-bond acceptors (Lipinski definition) is 2. The van der Waals surface area contributed by atoms with Crippen LogP contribution in [0.15, 0.2) is 42.5 Å². The van der Waals surface area contributed by atoms with Crippen molar-refractivity contribution in [3.63, 3.8) is 0 Å². The van der Waals surface area contributed by atoms with Gasteiger partial charge in [-0.05, 0) is 48.6 Å². The molecular weight excluding hydrogens is 246 g/mol. The van der Waals surface area contributed by atoms with Crippen LogP contribution in [0.25, 0.3) is 0 Å². The molecule has 0 saturated heterocycles. The van der Waals surface area contributed by atoms with Gasteiger partial charge in [0.15, 0.2) is 0 Å². The number of rotatable bonds is 2. The number of nitrogens with zero attached hydrogens (tertiary/aromatic N) is 1. The van der Waals surface area contributed by atoms with E-state index in [0.717, 1.165) is 13.0 Å². The molecular formula is C18H21NO. The molecule has 1 N–H and O–H groups in total. The van der Waals surface area contributed by atoms with Gasteiger partial charge in [0.1, 0.15) is 0 Å². The highest BCUT2D eigenvalue weighted by Crippen LogP contribution is 2.31. The van der Waals surface area contributed by atoms with Gasteiger partial charge in [-0.3, -0.25) is 0 Å². The fraction of sp³-hybridized carbons (Fsp3) is 0.333. The number of anilines is 1. The van der Waals surface area contributed by atoms with Crippen LogP contribution in [0, 0.1) is 13.8 Å². The molecule has 2 aromatic carbocycles. The van der Waals surface area contributed by atoms with Crippen molar-refractivity contribution < 1.29 is 5.11 Å². The molecule has 1 heterocycles. The first-order valence-electron chi connectivity index (χ1n) is 7.21. The number of aliphatic hydroxyl groups excluding tert-OH is 1. The lowest BCUT2D eigenvalue weighted by molar-refractivity contribution is 0.253. The number of fused-ring (bicyclic) bond motifs is 1. The lowest BCUT2D eigenvalue weighted by Crippen LogP contribution is -2.43. The summed E-state index contributed by atoms with van der Waals surface area (Å²) in [7, 11) is 0. The van der Waals surface area contributed by atoms with Crippen molar-refractivity contribution in [1.82, 2.24) is 0 Å². The number of aliphatic hydroxyl groups is 1. The highest BCUT2D eigenvalue weighted by Gasteiger charge is 2.27. The zero-order chi connectivity index (χ0) is 14.1. The third-order valence-electron chi connectivity index (χ3n) is 4.37. The Hall–Kier alpha value is -1.80. The van der Waals surface area contributed by atoms with Crippen LogP contribution < -0.4 is 4.90 Å². The fourth-order valence-electron chi connectivity index (χ4n) is 3.17. The van der Waals surface area contributed by atoms with Crippen LogP contribution in [0.2, 0.25) is 0 Å². The predicted molar refractivity (Wildman–Crippen MR) is 83.1 cm³/mol. The second kappa shape index (κ2) is 5.29. The van der Waals surface area contributed by atoms with E-state index in [9.17, 15) is 5.11 Å². The van der Waals surface area contributed by atoms with Crippen LogP contribution in [0.5, 0.6) is 0 Å². The van der Waals surface area contributed by atoms with E-state index in [1.165, 1.54) is 27.9 Å². The molecule has 1 unspecified atom stereocenters. The SMILES string of the molecule is Cc1ccccc1N1Cc2c(C)cccc2CC1CO. The molecule has 1 atom stereocenters. The molecule has 1 aliphatic rings. The number of para-hydroxylation sites is 1. The van der Waals surface area contributed by atoms with Gasteiger partial charge in [-0.2, -0.15) is 0 Å². The van der Waals surface area contributed by atoms with Crippen molar-refractivity contribution in [1.29, 1.82) is 0 Å². The highest BCUT2D eigenvalue weighted by molar-refractivity contribution is 5.56. The minimum Gasteiger partial charge on any atom is -0.394 e. The van der Waals surface area contributed by atoms with Crippen molar-refractivity contribution in [2.24, 2.45) is 0 Å². The molecule has 104 valence electrons. The second-order valence-corrected chi connectivity index (χ2v) is 5.67. The maximum absolute atomic E-state index is 9.77. The quantitative estimate of drug-likeness (QED) is 0.903. The number of aryl methyl sites for hydroxylation is 2. The van der Waals surface area contributed by atoms with Crippen molar-refractivity contribution in [3.8, 4) is 0 Å². The minimum absolute atomic E-state index is 0.172. The van der Waals surface area contributed by atoms with Crippen LogP contribution in [0.3, 0.4) is 0 Å². The van der Waals surface area contributed by atoms with Gasteiger partial charge in [-0.15, -0.1) is 0 Å². The molecule has 0 fully saturated rings. The Morgan fingerprint density at radius 1 is 1.05 bits per heavy atom. The zero-order valence-electron chi connectivity index (χ0n) is 12.1. The van der Waals surface area contributed by atoms with Crippen LogP contribution in [-0.4, -0.2) is 17.8 Å². The Morgan fingerprint density at radius 3 is 2.55 bits per heavy atom. The largest absolute Gasteiger partial charge is 0.394 e. The van der Waals surface area contributed by atoms with Crippen molar-refractivity contribution in [2.75, 3.05) is 11.5 Å². The normalized spacial score (nSPS) is 17.9. The average molecular weight is 267 g/mol. The number of hydrogen-bond donors (Lipinski definition) is 1. The molecule has 0 radical (unpaired) electrons. The summed E-state index contributed by atoms with van der Waals surface area (Å²) in [4.78, 5) is 2.35. The highest BCUT2D eigenvalue weighted by atomic mass is 16.3. The smallest absolute Gasteiger partial charge is 0.0638 e. The summed E-state index contributed by atoms with van der Waals surface area (Å²) in [5.74, 6) is 0. The van der Waals surface area contributed by atoms with Gasteiger partial charge in [0.2, 0.25) is 0 Å². The molecule has 0 saturated carbocycles. The van der Waals surface area contributed by atoms with Crippen LogP contribution >= 0.6 is 0 Å². The van der Waals surface area contributed by atoms with Crippen molar-refractivity contribution >= 4 is 5.69 Å². The molecule has 1 aliphatic heterocycles. The van der Waals surface area contributed by atoms with Gasteiger partial charge in [0.25, 0.3) is 0 Å².